The zero-order valence-corrected chi connectivity index (χ0v) is 19.0. The normalized spacial score (nSPS) is 13.4. The topological polar surface area (TPSA) is 106 Å². The molecular weight excluding hydrogens is 501 g/mol. The van der Waals surface area contributed by atoms with E-state index in [1.165, 1.54) is 23.8 Å². The van der Waals surface area contributed by atoms with E-state index in [0.29, 0.717) is 12.8 Å². The molecular formula is C21H18F5N3O5S. The molecule has 0 amide bonds. The summed E-state index contributed by atoms with van der Waals surface area (Å²) in [5, 5.41) is 6.81. The largest absolute Gasteiger partial charge is 0.493 e. The highest BCUT2D eigenvalue weighted by Gasteiger charge is 2.37. The molecule has 3 aromatic rings. The number of hydrogen-bond acceptors (Lipinski definition) is 6. The number of ether oxygens (including phenoxy) is 2. The van der Waals surface area contributed by atoms with Crippen LogP contribution < -0.4 is 15.0 Å². The third-order valence-electron chi connectivity index (χ3n) is 4.79. The average molecular weight is 519 g/mol. The Hall–Kier alpha value is -3.55. The standard InChI is InChI=1S/C19H14F5N3O3S.C2H4O2/c1-29-13-6-8(2-5-12(13)30-17(20)21)11-7-10(19(22,23)24)14-15(25-11)27(9-3-4-9)18(31)26-16(14)28;1-2(3)4/h2,5-7,9,17H,3-4H2,1H3,(H,26,28,31);1H3,(H,3,4). The van der Waals surface area contributed by atoms with Crippen molar-refractivity contribution in [2.45, 2.75) is 38.6 Å². The molecule has 0 unspecified atom stereocenters. The van der Waals surface area contributed by atoms with Crippen LogP contribution in [0.1, 0.15) is 31.4 Å². The van der Waals surface area contributed by atoms with Crippen molar-refractivity contribution >= 4 is 29.2 Å². The van der Waals surface area contributed by atoms with Gasteiger partial charge in [-0.3, -0.25) is 19.1 Å². The first-order valence-electron chi connectivity index (χ1n) is 9.93. The maximum absolute atomic E-state index is 13.9. The minimum absolute atomic E-state index is 0.0176. The molecule has 0 radical (unpaired) electrons. The van der Waals surface area contributed by atoms with Crippen LogP contribution in [0.25, 0.3) is 22.3 Å². The zero-order valence-electron chi connectivity index (χ0n) is 18.2. The summed E-state index contributed by atoms with van der Waals surface area (Å²) in [6.45, 7) is -2.02. The summed E-state index contributed by atoms with van der Waals surface area (Å²) in [5.74, 6) is -1.23. The number of carboxylic acids is 1. The van der Waals surface area contributed by atoms with E-state index < -0.39 is 35.3 Å². The Labute approximate surface area is 198 Å². The third-order valence-corrected chi connectivity index (χ3v) is 5.09. The lowest BCUT2D eigenvalue weighted by Crippen LogP contribution is -2.20. The van der Waals surface area contributed by atoms with Crippen molar-refractivity contribution in [2.24, 2.45) is 0 Å². The van der Waals surface area contributed by atoms with E-state index in [1.807, 2.05) is 0 Å². The number of nitrogens with zero attached hydrogens (tertiary/aromatic N) is 2. The molecule has 2 aromatic heterocycles. The van der Waals surface area contributed by atoms with Crippen molar-refractivity contribution < 1.29 is 41.3 Å². The fourth-order valence-corrected chi connectivity index (χ4v) is 3.64. The number of hydrogen-bond donors (Lipinski definition) is 2. The lowest BCUT2D eigenvalue weighted by molar-refractivity contribution is -0.136. The number of aliphatic carboxylic acids is 1. The first kappa shape index (κ1) is 26.1. The van der Waals surface area contributed by atoms with E-state index in [0.717, 1.165) is 19.1 Å². The molecule has 1 aliphatic rings. The second kappa shape index (κ2) is 9.98. The van der Waals surface area contributed by atoms with Gasteiger partial charge in [-0.2, -0.15) is 22.0 Å². The summed E-state index contributed by atoms with van der Waals surface area (Å²) in [4.78, 5) is 28.0. The van der Waals surface area contributed by atoms with Gasteiger partial charge in [0.2, 0.25) is 0 Å². The number of rotatable bonds is 5. The van der Waals surface area contributed by atoms with Crippen LogP contribution in [0.15, 0.2) is 29.1 Å². The van der Waals surface area contributed by atoms with Crippen molar-refractivity contribution in [3.05, 3.63) is 45.0 Å². The van der Waals surface area contributed by atoms with Crippen LogP contribution in [-0.2, 0) is 11.0 Å². The maximum Gasteiger partial charge on any atom is 0.417 e. The van der Waals surface area contributed by atoms with Gasteiger partial charge in [0, 0.05) is 18.5 Å². The van der Waals surface area contributed by atoms with E-state index in [2.05, 4.69) is 14.7 Å². The van der Waals surface area contributed by atoms with Crippen molar-refractivity contribution in [2.75, 3.05) is 7.11 Å². The van der Waals surface area contributed by atoms with Crippen molar-refractivity contribution in [3.8, 4) is 22.8 Å². The maximum atomic E-state index is 13.9. The van der Waals surface area contributed by atoms with Gasteiger partial charge in [-0.05, 0) is 49.3 Å². The second-order valence-electron chi connectivity index (χ2n) is 7.38. The predicted molar refractivity (Wildman–Crippen MR) is 116 cm³/mol. The zero-order chi connectivity index (χ0) is 26.1. The van der Waals surface area contributed by atoms with Crippen molar-refractivity contribution in [1.82, 2.24) is 14.5 Å². The number of aromatic amines is 1. The number of alkyl halides is 5. The summed E-state index contributed by atoms with van der Waals surface area (Å²) in [6.07, 6.45) is -3.47. The van der Waals surface area contributed by atoms with Crippen LogP contribution in [0.4, 0.5) is 22.0 Å². The van der Waals surface area contributed by atoms with Gasteiger partial charge in [-0.25, -0.2) is 4.98 Å². The number of pyridine rings is 1. The minimum Gasteiger partial charge on any atom is -0.493 e. The van der Waals surface area contributed by atoms with Crippen LogP contribution in [0, 0.1) is 4.77 Å². The Bertz CT molecular complexity index is 1380. The number of methoxy groups -OCH3 is 1. The van der Waals surface area contributed by atoms with Gasteiger partial charge in [0.05, 0.1) is 23.8 Å². The highest BCUT2D eigenvalue weighted by Crippen LogP contribution is 2.41. The third kappa shape index (κ3) is 5.93. The Morgan fingerprint density at radius 3 is 2.40 bits per heavy atom. The molecule has 0 bridgehead atoms. The summed E-state index contributed by atoms with van der Waals surface area (Å²) in [5.41, 5.74) is -2.32. The number of aromatic nitrogens is 3. The molecule has 35 heavy (non-hydrogen) atoms. The SMILES string of the molecule is CC(=O)O.COc1cc(-c2cc(C(F)(F)F)c3c(=O)[nH]c(=S)n(C4CC4)c3n2)ccc1OC(F)F. The monoisotopic (exact) mass is 519 g/mol. The van der Waals surface area contributed by atoms with E-state index in [-0.39, 0.29) is 39.2 Å². The summed E-state index contributed by atoms with van der Waals surface area (Å²) >= 11 is 5.16. The molecule has 4 rings (SSSR count). The number of nitrogens with one attached hydrogen (secondary N) is 1. The second-order valence-corrected chi connectivity index (χ2v) is 7.76. The van der Waals surface area contributed by atoms with E-state index >= 15 is 0 Å². The minimum atomic E-state index is -4.85. The predicted octanol–water partition coefficient (Wildman–Crippen LogP) is 5.18. The van der Waals surface area contributed by atoms with Crippen molar-refractivity contribution in [3.63, 3.8) is 0 Å². The Morgan fingerprint density at radius 2 is 1.89 bits per heavy atom. The average Bonchev–Trinajstić information content (AvgIpc) is 3.56. The number of benzene rings is 1. The molecule has 0 atom stereocenters. The number of carbonyl (C=O) groups is 1. The highest BCUT2D eigenvalue weighted by atomic mass is 32.1. The Morgan fingerprint density at radius 1 is 1.26 bits per heavy atom. The molecule has 1 aromatic carbocycles. The fourth-order valence-electron chi connectivity index (χ4n) is 3.31. The van der Waals surface area contributed by atoms with Gasteiger partial charge in [-0.15, -0.1) is 0 Å². The Kier molecular flexibility index (Phi) is 7.43. The van der Waals surface area contributed by atoms with Crippen LogP contribution in [0.3, 0.4) is 0 Å². The highest BCUT2D eigenvalue weighted by molar-refractivity contribution is 7.71. The first-order valence-corrected chi connectivity index (χ1v) is 10.3. The quantitative estimate of drug-likeness (QED) is 0.354. The van der Waals surface area contributed by atoms with E-state index in [9.17, 15) is 26.7 Å². The molecule has 0 spiro atoms. The molecule has 188 valence electrons. The van der Waals surface area contributed by atoms with Gasteiger partial charge in [0.25, 0.3) is 11.5 Å². The van der Waals surface area contributed by atoms with Crippen LogP contribution in [-0.4, -0.2) is 39.3 Å². The van der Waals surface area contributed by atoms with Gasteiger partial charge < -0.3 is 14.6 Å². The van der Waals surface area contributed by atoms with Crippen LogP contribution >= 0.6 is 12.2 Å². The van der Waals surface area contributed by atoms with Crippen LogP contribution in [0.2, 0.25) is 0 Å². The number of H-pyrrole nitrogens is 1. The molecule has 1 saturated carbocycles. The summed E-state index contributed by atoms with van der Waals surface area (Å²) in [7, 11) is 1.20. The lowest BCUT2D eigenvalue weighted by atomic mass is 10.1. The van der Waals surface area contributed by atoms with E-state index in [1.54, 1.807) is 0 Å². The lowest BCUT2D eigenvalue weighted by Gasteiger charge is -2.16. The van der Waals surface area contributed by atoms with Crippen molar-refractivity contribution in [1.29, 1.82) is 0 Å². The molecule has 1 fully saturated rings. The molecule has 0 aliphatic heterocycles. The number of halogens is 5. The molecule has 8 nitrogen and oxygen atoms in total. The number of carboxylic acid groups (broad SMARTS) is 1. The first-order chi connectivity index (χ1) is 16.3. The van der Waals surface area contributed by atoms with Gasteiger partial charge >= 0.3 is 12.8 Å². The molecule has 2 N–H and O–H groups in total. The number of fused-ring (bicyclic) bond motifs is 1. The summed E-state index contributed by atoms with van der Waals surface area (Å²) < 4.78 is 77.4. The van der Waals surface area contributed by atoms with Gasteiger partial charge in [0.15, 0.2) is 16.3 Å². The molecule has 2 heterocycles. The smallest absolute Gasteiger partial charge is 0.417 e. The van der Waals surface area contributed by atoms with Gasteiger partial charge in [-0.1, -0.05) is 0 Å². The van der Waals surface area contributed by atoms with Crippen LogP contribution in [0.5, 0.6) is 11.5 Å². The fraction of sp³-hybridized carbons (Fsp3) is 0.333. The summed E-state index contributed by atoms with van der Waals surface area (Å²) in [6, 6.07) is 4.23. The molecule has 14 heteroatoms. The molecule has 0 saturated heterocycles. The van der Waals surface area contributed by atoms with Gasteiger partial charge in [0.1, 0.15) is 5.65 Å². The molecule has 1 aliphatic carbocycles. The Balaban J connectivity index is 0.000000795. The van der Waals surface area contributed by atoms with E-state index in [4.69, 9.17) is 26.9 Å².